The average molecular weight is 539 g/mol. The molecule has 1 saturated carbocycles. The molecule has 0 spiro atoms. The first kappa shape index (κ1) is 24.7. The standard InChI is InChI=1S/C20H28F3N5O.HI/c1-2-24-19(25-11-18(29)26-16-7-8-16)27-17-9-10-28(13-17)12-14-3-5-15(6-4-14)20(21,22)23;/h3-6,16-17H,2,7-13H2,1H3,(H,26,29)(H2,24,25,27);1H. The number of benzene rings is 1. The Morgan fingerprint density at radius 1 is 1.13 bits per heavy atom. The zero-order valence-corrected chi connectivity index (χ0v) is 19.3. The fourth-order valence-corrected chi connectivity index (χ4v) is 3.32. The fourth-order valence-electron chi connectivity index (χ4n) is 3.32. The second-order valence-electron chi connectivity index (χ2n) is 7.60. The van der Waals surface area contributed by atoms with Crippen molar-refractivity contribution in [1.29, 1.82) is 0 Å². The van der Waals surface area contributed by atoms with E-state index in [1.807, 2.05) is 6.92 Å². The number of guanidine groups is 1. The van der Waals surface area contributed by atoms with Crippen molar-refractivity contribution in [2.24, 2.45) is 4.99 Å². The molecule has 10 heteroatoms. The van der Waals surface area contributed by atoms with Crippen molar-refractivity contribution in [1.82, 2.24) is 20.9 Å². The summed E-state index contributed by atoms with van der Waals surface area (Å²) in [6, 6.07) is 5.82. The highest BCUT2D eigenvalue weighted by Gasteiger charge is 2.30. The third kappa shape index (κ3) is 7.93. The average Bonchev–Trinajstić information content (AvgIpc) is 3.37. The van der Waals surface area contributed by atoms with E-state index in [1.165, 1.54) is 12.1 Å². The van der Waals surface area contributed by atoms with Crippen LogP contribution in [0.5, 0.6) is 0 Å². The van der Waals surface area contributed by atoms with E-state index in [0.29, 0.717) is 25.1 Å². The largest absolute Gasteiger partial charge is 0.416 e. The van der Waals surface area contributed by atoms with Crippen LogP contribution in [0.1, 0.15) is 37.3 Å². The predicted octanol–water partition coefficient (Wildman–Crippen LogP) is 2.73. The molecular formula is C20H29F3IN5O. The molecular weight excluding hydrogens is 510 g/mol. The van der Waals surface area contributed by atoms with Crippen LogP contribution in [0.25, 0.3) is 0 Å². The highest BCUT2D eigenvalue weighted by Crippen LogP contribution is 2.29. The Bertz CT molecular complexity index is 722. The van der Waals surface area contributed by atoms with Gasteiger partial charge in [0.2, 0.25) is 5.91 Å². The Balaban J connectivity index is 0.00000320. The van der Waals surface area contributed by atoms with E-state index in [-0.39, 0.29) is 42.5 Å². The smallest absolute Gasteiger partial charge is 0.357 e. The van der Waals surface area contributed by atoms with Gasteiger partial charge in [0, 0.05) is 38.3 Å². The van der Waals surface area contributed by atoms with E-state index < -0.39 is 11.7 Å². The van der Waals surface area contributed by atoms with Crippen LogP contribution in [-0.4, -0.2) is 55.0 Å². The van der Waals surface area contributed by atoms with Crippen molar-refractivity contribution in [2.75, 3.05) is 26.2 Å². The minimum Gasteiger partial charge on any atom is -0.357 e. The van der Waals surface area contributed by atoms with Crippen molar-refractivity contribution in [3.63, 3.8) is 0 Å². The number of nitrogens with zero attached hydrogens (tertiary/aromatic N) is 2. The van der Waals surface area contributed by atoms with Crippen LogP contribution >= 0.6 is 24.0 Å². The lowest BCUT2D eigenvalue weighted by atomic mass is 10.1. The molecule has 168 valence electrons. The van der Waals surface area contributed by atoms with E-state index in [4.69, 9.17) is 0 Å². The Hall–Kier alpha value is -1.56. The van der Waals surface area contributed by atoms with Gasteiger partial charge in [0.05, 0.1) is 5.56 Å². The fraction of sp³-hybridized carbons (Fsp3) is 0.600. The van der Waals surface area contributed by atoms with Gasteiger partial charge in [-0.2, -0.15) is 13.2 Å². The number of aliphatic imine (C=N–C) groups is 1. The zero-order chi connectivity index (χ0) is 20.9. The first-order valence-electron chi connectivity index (χ1n) is 10.1. The monoisotopic (exact) mass is 539 g/mol. The number of hydrogen-bond acceptors (Lipinski definition) is 3. The maximum atomic E-state index is 12.7. The Labute approximate surface area is 192 Å². The lowest BCUT2D eigenvalue weighted by Crippen LogP contribution is -2.45. The van der Waals surface area contributed by atoms with Crippen LogP contribution < -0.4 is 16.0 Å². The maximum Gasteiger partial charge on any atom is 0.416 e. The van der Waals surface area contributed by atoms with E-state index in [0.717, 1.165) is 50.0 Å². The second kappa shape index (κ2) is 11.2. The van der Waals surface area contributed by atoms with Gasteiger partial charge in [-0.05, 0) is 43.9 Å². The summed E-state index contributed by atoms with van der Waals surface area (Å²) in [5, 5.41) is 9.42. The molecule has 3 N–H and O–H groups in total. The third-order valence-corrected chi connectivity index (χ3v) is 4.97. The van der Waals surface area contributed by atoms with Gasteiger partial charge < -0.3 is 16.0 Å². The molecule has 1 heterocycles. The molecule has 1 aromatic rings. The molecule has 1 unspecified atom stereocenters. The molecule has 3 rings (SSSR count). The van der Waals surface area contributed by atoms with Crippen molar-refractivity contribution in [3.05, 3.63) is 35.4 Å². The molecule has 1 amide bonds. The number of alkyl halides is 3. The summed E-state index contributed by atoms with van der Waals surface area (Å²) in [7, 11) is 0. The van der Waals surface area contributed by atoms with Crippen LogP contribution in [0.3, 0.4) is 0 Å². The molecule has 2 fully saturated rings. The normalized spacial score (nSPS) is 19.9. The van der Waals surface area contributed by atoms with Gasteiger partial charge in [0.25, 0.3) is 0 Å². The van der Waals surface area contributed by atoms with Gasteiger partial charge in [-0.3, -0.25) is 9.69 Å². The van der Waals surface area contributed by atoms with Crippen LogP contribution in [0.2, 0.25) is 0 Å². The highest BCUT2D eigenvalue weighted by molar-refractivity contribution is 14.0. The van der Waals surface area contributed by atoms with Crippen molar-refractivity contribution in [2.45, 2.75) is 51.0 Å². The Morgan fingerprint density at radius 3 is 2.43 bits per heavy atom. The number of carbonyl (C=O) groups excluding carboxylic acids is 1. The van der Waals surface area contributed by atoms with Crippen LogP contribution in [-0.2, 0) is 17.5 Å². The summed E-state index contributed by atoms with van der Waals surface area (Å²) in [5.41, 5.74) is 0.232. The molecule has 2 aliphatic rings. The minimum absolute atomic E-state index is 0. The van der Waals surface area contributed by atoms with Gasteiger partial charge in [-0.1, -0.05) is 12.1 Å². The Morgan fingerprint density at radius 2 is 1.83 bits per heavy atom. The number of hydrogen-bond donors (Lipinski definition) is 3. The molecule has 0 bridgehead atoms. The number of carbonyl (C=O) groups is 1. The quantitative estimate of drug-likeness (QED) is 0.283. The van der Waals surface area contributed by atoms with E-state index in [9.17, 15) is 18.0 Å². The van der Waals surface area contributed by atoms with Crippen LogP contribution in [0.15, 0.2) is 29.3 Å². The van der Waals surface area contributed by atoms with Gasteiger partial charge in [-0.15, -0.1) is 24.0 Å². The first-order valence-corrected chi connectivity index (χ1v) is 10.1. The molecule has 1 atom stereocenters. The van der Waals surface area contributed by atoms with Crippen molar-refractivity contribution >= 4 is 35.8 Å². The molecule has 1 aliphatic carbocycles. The van der Waals surface area contributed by atoms with E-state index in [1.54, 1.807) is 0 Å². The molecule has 0 aromatic heterocycles. The summed E-state index contributed by atoms with van der Waals surface area (Å²) >= 11 is 0. The lowest BCUT2D eigenvalue weighted by Gasteiger charge is -2.19. The topological polar surface area (TPSA) is 68.8 Å². The Kier molecular flexibility index (Phi) is 9.20. The summed E-state index contributed by atoms with van der Waals surface area (Å²) in [4.78, 5) is 18.4. The minimum atomic E-state index is -4.31. The second-order valence-corrected chi connectivity index (χ2v) is 7.60. The molecule has 1 saturated heterocycles. The number of likely N-dealkylation sites (tertiary alicyclic amines) is 1. The van der Waals surface area contributed by atoms with Gasteiger partial charge in [0.15, 0.2) is 5.96 Å². The van der Waals surface area contributed by atoms with Crippen molar-refractivity contribution in [3.8, 4) is 0 Å². The van der Waals surface area contributed by atoms with E-state index in [2.05, 4.69) is 25.8 Å². The molecule has 1 aliphatic heterocycles. The highest BCUT2D eigenvalue weighted by atomic mass is 127. The number of halogens is 4. The number of rotatable bonds is 7. The summed E-state index contributed by atoms with van der Waals surface area (Å²) in [5.74, 6) is 0.542. The maximum absolute atomic E-state index is 12.7. The predicted molar refractivity (Wildman–Crippen MR) is 121 cm³/mol. The van der Waals surface area contributed by atoms with Gasteiger partial charge in [0.1, 0.15) is 6.54 Å². The first-order chi connectivity index (χ1) is 13.8. The van der Waals surface area contributed by atoms with Crippen molar-refractivity contribution < 1.29 is 18.0 Å². The third-order valence-electron chi connectivity index (χ3n) is 4.97. The SMILES string of the molecule is CCNC(=NCC(=O)NC1CC1)NC1CCN(Cc2ccc(C(F)(F)F)cc2)C1.I. The number of amides is 1. The lowest BCUT2D eigenvalue weighted by molar-refractivity contribution is -0.137. The summed E-state index contributed by atoms with van der Waals surface area (Å²) in [6.07, 6.45) is -1.31. The van der Waals surface area contributed by atoms with Crippen LogP contribution in [0.4, 0.5) is 13.2 Å². The molecule has 6 nitrogen and oxygen atoms in total. The van der Waals surface area contributed by atoms with E-state index >= 15 is 0 Å². The van der Waals surface area contributed by atoms with Gasteiger partial charge >= 0.3 is 6.18 Å². The summed E-state index contributed by atoms with van der Waals surface area (Å²) < 4.78 is 38.0. The molecule has 1 aromatic carbocycles. The van der Waals surface area contributed by atoms with Gasteiger partial charge in [-0.25, -0.2) is 4.99 Å². The molecule has 30 heavy (non-hydrogen) atoms. The number of nitrogens with one attached hydrogen (secondary N) is 3. The zero-order valence-electron chi connectivity index (χ0n) is 17.0. The van der Waals surface area contributed by atoms with Crippen LogP contribution in [0, 0.1) is 0 Å². The summed E-state index contributed by atoms with van der Waals surface area (Å²) in [6.45, 7) is 4.96. The molecule has 0 radical (unpaired) electrons.